The molecule has 23 heavy (non-hydrogen) atoms. The Bertz CT molecular complexity index is 805. The topological polar surface area (TPSA) is 67.8 Å². The fourth-order valence-corrected chi connectivity index (χ4v) is 3.26. The van der Waals surface area contributed by atoms with E-state index in [9.17, 15) is 4.79 Å². The first-order valence-corrected chi connectivity index (χ1v) is 8.79. The third-order valence-electron chi connectivity index (χ3n) is 2.93. The van der Waals surface area contributed by atoms with Gasteiger partial charge in [0.1, 0.15) is 11.4 Å². The number of thiazole rings is 1. The van der Waals surface area contributed by atoms with Crippen molar-refractivity contribution in [3.8, 4) is 11.3 Å². The highest BCUT2D eigenvalue weighted by atomic mass is 32.2. The molecule has 0 aliphatic rings. The van der Waals surface area contributed by atoms with Crippen LogP contribution in [-0.4, -0.2) is 26.6 Å². The normalized spacial score (nSPS) is 10.5. The highest BCUT2D eigenvalue weighted by Crippen LogP contribution is 2.22. The van der Waals surface area contributed by atoms with Gasteiger partial charge in [0.2, 0.25) is 5.91 Å². The van der Waals surface area contributed by atoms with E-state index in [4.69, 9.17) is 0 Å². The number of hydrogen-bond acceptors (Lipinski definition) is 6. The molecule has 0 aliphatic carbocycles. The van der Waals surface area contributed by atoms with E-state index < -0.39 is 0 Å². The Hall–Kier alpha value is -2.25. The van der Waals surface area contributed by atoms with Gasteiger partial charge in [-0.05, 0) is 13.0 Å². The monoisotopic (exact) mass is 342 g/mol. The molecule has 0 bridgehead atoms. The van der Waals surface area contributed by atoms with E-state index in [1.54, 1.807) is 0 Å². The maximum atomic E-state index is 11.9. The average molecular weight is 342 g/mol. The van der Waals surface area contributed by atoms with E-state index in [-0.39, 0.29) is 11.7 Å². The van der Waals surface area contributed by atoms with Crippen molar-refractivity contribution in [3.05, 3.63) is 53.8 Å². The zero-order valence-electron chi connectivity index (χ0n) is 12.4. The van der Waals surface area contributed by atoms with Gasteiger partial charge in [-0.2, -0.15) is 0 Å². The van der Waals surface area contributed by atoms with Crippen LogP contribution in [0, 0.1) is 6.92 Å². The zero-order valence-corrected chi connectivity index (χ0v) is 14.0. The van der Waals surface area contributed by atoms with Gasteiger partial charge in [-0.1, -0.05) is 42.1 Å². The maximum Gasteiger partial charge on any atom is 0.236 e. The number of benzene rings is 1. The van der Waals surface area contributed by atoms with Crippen LogP contribution < -0.4 is 5.32 Å². The predicted octanol–water partition coefficient (Wildman–Crippen LogP) is 3.64. The Kier molecular flexibility index (Phi) is 4.99. The largest absolute Gasteiger partial charge is 0.301 e. The van der Waals surface area contributed by atoms with Crippen molar-refractivity contribution in [2.45, 2.75) is 11.9 Å². The van der Waals surface area contributed by atoms with Crippen LogP contribution in [0.5, 0.6) is 0 Å². The van der Waals surface area contributed by atoms with E-state index >= 15 is 0 Å². The van der Waals surface area contributed by atoms with Gasteiger partial charge < -0.3 is 5.32 Å². The molecule has 0 atom stereocenters. The minimum absolute atomic E-state index is 0.0933. The van der Waals surface area contributed by atoms with Gasteiger partial charge in [0.05, 0.1) is 17.1 Å². The Morgan fingerprint density at radius 3 is 2.83 bits per heavy atom. The van der Waals surface area contributed by atoms with Gasteiger partial charge in [0.25, 0.3) is 0 Å². The van der Waals surface area contributed by atoms with Crippen LogP contribution in [0.2, 0.25) is 0 Å². The Labute approximate surface area is 142 Å². The molecule has 0 spiro atoms. The van der Waals surface area contributed by atoms with Crippen LogP contribution in [0.3, 0.4) is 0 Å². The van der Waals surface area contributed by atoms with Gasteiger partial charge in [0.15, 0.2) is 5.13 Å². The van der Waals surface area contributed by atoms with Gasteiger partial charge in [0, 0.05) is 10.9 Å². The molecule has 0 aliphatic heterocycles. The molecular formula is C16H14N4OS2. The summed E-state index contributed by atoms with van der Waals surface area (Å²) in [7, 11) is 0. The van der Waals surface area contributed by atoms with Crippen molar-refractivity contribution in [3.63, 3.8) is 0 Å². The van der Waals surface area contributed by atoms with Crippen molar-refractivity contribution in [1.29, 1.82) is 0 Å². The summed E-state index contributed by atoms with van der Waals surface area (Å²) >= 11 is 2.80. The van der Waals surface area contributed by atoms with Crippen LogP contribution >= 0.6 is 23.1 Å². The van der Waals surface area contributed by atoms with Crippen LogP contribution in [0.1, 0.15) is 5.69 Å². The van der Waals surface area contributed by atoms with Crippen molar-refractivity contribution in [2.75, 3.05) is 11.1 Å². The molecule has 3 rings (SSSR count). The van der Waals surface area contributed by atoms with Gasteiger partial charge in [-0.25, -0.2) is 15.0 Å². The summed E-state index contributed by atoms with van der Waals surface area (Å²) in [4.78, 5) is 24.6. The number of aromatic nitrogens is 3. The fraction of sp³-hybridized carbons (Fsp3) is 0.125. The zero-order chi connectivity index (χ0) is 16.1. The molecule has 5 nitrogen and oxygen atoms in total. The second-order valence-corrected chi connectivity index (χ2v) is 6.59. The second-order valence-electron chi connectivity index (χ2n) is 4.74. The smallest absolute Gasteiger partial charge is 0.236 e. The SMILES string of the molecule is Cc1csc(NC(=O)CSc2cc(-c3ccccc3)ncn2)n1. The lowest BCUT2D eigenvalue weighted by atomic mass is 10.1. The molecule has 0 radical (unpaired) electrons. The number of carbonyl (C=O) groups excluding carboxylic acids is 1. The fourth-order valence-electron chi connectivity index (χ4n) is 1.89. The number of nitrogens with one attached hydrogen (secondary N) is 1. The van der Waals surface area contributed by atoms with Crippen LogP contribution in [0.25, 0.3) is 11.3 Å². The first kappa shape index (κ1) is 15.6. The van der Waals surface area contributed by atoms with Gasteiger partial charge >= 0.3 is 0 Å². The van der Waals surface area contributed by atoms with E-state index in [1.807, 2.05) is 48.7 Å². The number of thioether (sulfide) groups is 1. The van der Waals surface area contributed by atoms with Crippen LogP contribution in [-0.2, 0) is 4.79 Å². The summed E-state index contributed by atoms with van der Waals surface area (Å²) in [5, 5.41) is 6.08. The molecule has 1 N–H and O–H groups in total. The lowest BCUT2D eigenvalue weighted by Crippen LogP contribution is -2.13. The van der Waals surface area contributed by atoms with Crippen molar-refractivity contribution in [1.82, 2.24) is 15.0 Å². The van der Waals surface area contributed by atoms with Crippen LogP contribution in [0.4, 0.5) is 5.13 Å². The molecule has 3 aromatic rings. The highest BCUT2D eigenvalue weighted by Gasteiger charge is 2.08. The van der Waals surface area contributed by atoms with E-state index in [2.05, 4.69) is 20.3 Å². The Morgan fingerprint density at radius 1 is 1.26 bits per heavy atom. The molecule has 1 aromatic carbocycles. The first-order valence-electron chi connectivity index (χ1n) is 6.93. The summed E-state index contributed by atoms with van der Waals surface area (Å²) in [5.41, 5.74) is 2.78. The first-order chi connectivity index (χ1) is 11.2. The number of nitrogens with zero attached hydrogens (tertiary/aromatic N) is 3. The Balaban J connectivity index is 1.61. The molecule has 7 heteroatoms. The molecule has 0 unspecified atom stereocenters. The molecular weight excluding hydrogens is 328 g/mol. The summed E-state index contributed by atoms with van der Waals surface area (Å²) < 4.78 is 0. The molecule has 2 aromatic heterocycles. The standard InChI is InChI=1S/C16H14N4OS2/c1-11-8-23-16(19-11)20-14(21)9-22-15-7-13(17-10-18-15)12-5-3-2-4-6-12/h2-8,10H,9H2,1H3,(H,19,20,21). The second kappa shape index (κ2) is 7.34. The number of carbonyl (C=O) groups is 1. The summed E-state index contributed by atoms with van der Waals surface area (Å²) in [6, 6.07) is 11.8. The third kappa shape index (κ3) is 4.37. The number of anilines is 1. The van der Waals surface area contributed by atoms with E-state index in [0.29, 0.717) is 5.13 Å². The lowest BCUT2D eigenvalue weighted by molar-refractivity contribution is -0.113. The van der Waals surface area contributed by atoms with Gasteiger partial charge in [-0.15, -0.1) is 11.3 Å². The predicted molar refractivity (Wildman–Crippen MR) is 93.7 cm³/mol. The quantitative estimate of drug-likeness (QED) is 0.566. The number of amides is 1. The van der Waals surface area contributed by atoms with Crippen molar-refractivity contribution >= 4 is 34.1 Å². The number of rotatable bonds is 5. The minimum atomic E-state index is -0.0933. The molecule has 0 saturated carbocycles. The Morgan fingerprint density at radius 2 is 2.09 bits per heavy atom. The third-order valence-corrected chi connectivity index (χ3v) is 4.73. The molecule has 1 amide bonds. The molecule has 116 valence electrons. The summed E-state index contributed by atoms with van der Waals surface area (Å²) in [6.07, 6.45) is 1.52. The molecule has 0 fully saturated rings. The highest BCUT2D eigenvalue weighted by molar-refractivity contribution is 7.99. The minimum Gasteiger partial charge on any atom is -0.301 e. The summed E-state index contributed by atoms with van der Waals surface area (Å²) in [6.45, 7) is 1.90. The number of aryl methyl sites for hydroxylation is 1. The number of hydrogen-bond donors (Lipinski definition) is 1. The van der Waals surface area contributed by atoms with Crippen molar-refractivity contribution in [2.24, 2.45) is 0 Å². The average Bonchev–Trinajstić information content (AvgIpc) is 2.99. The summed E-state index contributed by atoms with van der Waals surface area (Å²) in [5.74, 6) is 0.188. The lowest BCUT2D eigenvalue weighted by Gasteiger charge is -2.04. The van der Waals surface area contributed by atoms with Gasteiger partial charge in [-0.3, -0.25) is 4.79 Å². The molecule has 2 heterocycles. The maximum absolute atomic E-state index is 11.9. The van der Waals surface area contributed by atoms with Crippen LogP contribution in [0.15, 0.2) is 53.1 Å². The van der Waals surface area contributed by atoms with E-state index in [1.165, 1.54) is 29.4 Å². The van der Waals surface area contributed by atoms with E-state index in [0.717, 1.165) is 22.0 Å². The molecule has 0 saturated heterocycles. The van der Waals surface area contributed by atoms with Crippen molar-refractivity contribution < 1.29 is 4.79 Å².